The van der Waals surface area contributed by atoms with Crippen molar-refractivity contribution in [1.29, 1.82) is 0 Å². The summed E-state index contributed by atoms with van der Waals surface area (Å²) in [7, 11) is 0. The van der Waals surface area contributed by atoms with Gasteiger partial charge in [-0.25, -0.2) is 23.4 Å². The molecule has 1 aromatic carbocycles. The first-order chi connectivity index (χ1) is 10.7. The Labute approximate surface area is 124 Å². The van der Waals surface area contributed by atoms with E-state index in [1.165, 1.54) is 18.3 Å². The third-order valence-electron chi connectivity index (χ3n) is 3.72. The van der Waals surface area contributed by atoms with Crippen molar-refractivity contribution in [2.24, 2.45) is 0 Å². The lowest BCUT2D eigenvalue weighted by molar-refractivity contribution is -0.0603. The molecule has 0 aliphatic carbocycles. The van der Waals surface area contributed by atoms with E-state index in [2.05, 4.69) is 15.1 Å². The largest absolute Gasteiger partial charge is 0.376 e. The summed E-state index contributed by atoms with van der Waals surface area (Å²) in [5.41, 5.74) is 1.76. The van der Waals surface area contributed by atoms with Crippen molar-refractivity contribution in [2.75, 3.05) is 6.61 Å². The average Bonchev–Trinajstić information content (AvgIpc) is 2.85. The molecule has 5 nitrogen and oxygen atoms in total. The van der Waals surface area contributed by atoms with Gasteiger partial charge in [0.25, 0.3) is 0 Å². The number of aromatic nitrogens is 4. The van der Waals surface area contributed by atoms with E-state index in [0.717, 1.165) is 19.1 Å². The van der Waals surface area contributed by atoms with Crippen molar-refractivity contribution in [2.45, 2.75) is 19.1 Å². The van der Waals surface area contributed by atoms with Crippen LogP contribution in [0.1, 0.15) is 6.42 Å². The fourth-order valence-electron chi connectivity index (χ4n) is 2.44. The maximum Gasteiger partial charge on any atom is 0.176 e. The van der Waals surface area contributed by atoms with Gasteiger partial charge in [-0.15, -0.1) is 0 Å². The average molecular weight is 302 g/mol. The molecular weight excluding hydrogens is 290 g/mol. The van der Waals surface area contributed by atoms with Gasteiger partial charge in [-0.2, -0.15) is 5.10 Å². The SMILES string of the molecule is Fc1ccc(-c2cnc3c(cnn3C[C@H]3CCO3)n2)c(F)c1. The number of rotatable bonds is 3. The number of ether oxygens (including phenoxy) is 1. The number of hydrogen-bond acceptors (Lipinski definition) is 4. The second kappa shape index (κ2) is 5.10. The van der Waals surface area contributed by atoms with Crippen molar-refractivity contribution >= 4 is 11.2 Å². The summed E-state index contributed by atoms with van der Waals surface area (Å²) in [5.74, 6) is -1.28. The number of halogens is 2. The highest BCUT2D eigenvalue weighted by atomic mass is 19.1. The molecule has 0 unspecified atom stereocenters. The molecule has 1 fully saturated rings. The summed E-state index contributed by atoms with van der Waals surface area (Å²) < 4.78 is 33.9. The number of fused-ring (bicyclic) bond motifs is 1. The summed E-state index contributed by atoms with van der Waals surface area (Å²) in [5, 5.41) is 4.25. The van der Waals surface area contributed by atoms with Crippen molar-refractivity contribution in [3.8, 4) is 11.3 Å². The van der Waals surface area contributed by atoms with E-state index in [1.807, 2.05) is 0 Å². The van der Waals surface area contributed by atoms with Gasteiger partial charge in [-0.05, 0) is 18.6 Å². The molecule has 1 aliphatic rings. The van der Waals surface area contributed by atoms with Crippen LogP contribution < -0.4 is 0 Å². The summed E-state index contributed by atoms with van der Waals surface area (Å²) in [4.78, 5) is 8.67. The fraction of sp³-hybridized carbons (Fsp3) is 0.267. The highest BCUT2D eigenvalue weighted by Gasteiger charge is 2.20. The van der Waals surface area contributed by atoms with E-state index in [4.69, 9.17) is 4.74 Å². The zero-order valence-electron chi connectivity index (χ0n) is 11.5. The van der Waals surface area contributed by atoms with Crippen LogP contribution in [0.15, 0.2) is 30.6 Å². The Hall–Kier alpha value is -2.41. The Kier molecular flexibility index (Phi) is 3.07. The summed E-state index contributed by atoms with van der Waals surface area (Å²) >= 11 is 0. The molecule has 7 heteroatoms. The molecule has 0 amide bonds. The zero-order valence-corrected chi connectivity index (χ0v) is 11.5. The minimum atomic E-state index is -0.663. The molecule has 3 heterocycles. The van der Waals surface area contributed by atoms with Crippen LogP contribution in [-0.2, 0) is 11.3 Å². The van der Waals surface area contributed by atoms with Crippen LogP contribution in [0.4, 0.5) is 8.78 Å². The fourth-order valence-corrected chi connectivity index (χ4v) is 2.44. The Bertz CT molecular complexity index is 845. The molecule has 0 saturated carbocycles. The minimum absolute atomic E-state index is 0.166. The maximum atomic E-state index is 13.8. The van der Waals surface area contributed by atoms with Gasteiger partial charge in [0.05, 0.1) is 30.7 Å². The number of hydrogen-bond donors (Lipinski definition) is 0. The molecule has 112 valence electrons. The highest BCUT2D eigenvalue weighted by molar-refractivity contribution is 5.73. The van der Waals surface area contributed by atoms with E-state index in [9.17, 15) is 8.78 Å². The summed E-state index contributed by atoms with van der Waals surface area (Å²) in [6.07, 6.45) is 4.23. The van der Waals surface area contributed by atoms with Gasteiger partial charge in [0.1, 0.15) is 17.2 Å². The van der Waals surface area contributed by atoms with Crippen molar-refractivity contribution < 1.29 is 13.5 Å². The molecule has 2 aromatic heterocycles. The lowest BCUT2D eigenvalue weighted by atomic mass is 10.1. The molecule has 1 saturated heterocycles. The topological polar surface area (TPSA) is 52.8 Å². The van der Waals surface area contributed by atoms with Gasteiger partial charge in [0.2, 0.25) is 0 Å². The second-order valence-electron chi connectivity index (χ2n) is 5.20. The van der Waals surface area contributed by atoms with E-state index in [0.29, 0.717) is 23.4 Å². The Morgan fingerprint density at radius 1 is 1.27 bits per heavy atom. The van der Waals surface area contributed by atoms with Crippen LogP contribution >= 0.6 is 0 Å². The molecule has 4 rings (SSSR count). The highest BCUT2D eigenvalue weighted by Crippen LogP contribution is 2.23. The first kappa shape index (κ1) is 13.3. The van der Waals surface area contributed by atoms with E-state index in [-0.39, 0.29) is 11.7 Å². The number of nitrogens with zero attached hydrogens (tertiary/aromatic N) is 4. The predicted octanol–water partition coefficient (Wildman–Crippen LogP) is 2.56. The maximum absolute atomic E-state index is 13.8. The first-order valence-electron chi connectivity index (χ1n) is 6.96. The molecule has 0 radical (unpaired) electrons. The summed E-state index contributed by atoms with van der Waals surface area (Å²) in [6, 6.07) is 3.38. The molecule has 22 heavy (non-hydrogen) atoms. The molecule has 1 aliphatic heterocycles. The van der Waals surface area contributed by atoms with Gasteiger partial charge in [-0.3, -0.25) is 0 Å². The van der Waals surface area contributed by atoms with Crippen LogP contribution in [0, 0.1) is 11.6 Å². The molecule has 1 atom stereocenters. The molecular formula is C15H12F2N4O. The van der Waals surface area contributed by atoms with Crippen LogP contribution in [0.5, 0.6) is 0 Å². The Morgan fingerprint density at radius 3 is 2.86 bits per heavy atom. The molecule has 0 bridgehead atoms. The normalized spacial score (nSPS) is 17.6. The van der Waals surface area contributed by atoms with E-state index < -0.39 is 11.6 Å². The van der Waals surface area contributed by atoms with Crippen LogP contribution in [-0.4, -0.2) is 32.5 Å². The quantitative estimate of drug-likeness (QED) is 0.746. The standard InChI is InChI=1S/C15H12F2N4O/c16-9-1-2-11(12(17)5-9)13-6-18-15-14(20-13)7-19-21(15)8-10-3-4-22-10/h1-2,5-7,10H,3-4,8H2/t10-/m1/s1. The van der Waals surface area contributed by atoms with Gasteiger partial charge >= 0.3 is 0 Å². The zero-order chi connectivity index (χ0) is 15.1. The van der Waals surface area contributed by atoms with Crippen LogP contribution in [0.25, 0.3) is 22.4 Å². The van der Waals surface area contributed by atoms with Gasteiger partial charge < -0.3 is 4.74 Å². The van der Waals surface area contributed by atoms with Crippen LogP contribution in [0.2, 0.25) is 0 Å². The third-order valence-corrected chi connectivity index (χ3v) is 3.72. The Balaban J connectivity index is 1.71. The Morgan fingerprint density at radius 2 is 2.14 bits per heavy atom. The van der Waals surface area contributed by atoms with Gasteiger partial charge in [0.15, 0.2) is 5.65 Å². The lowest BCUT2D eigenvalue weighted by Crippen LogP contribution is -2.31. The van der Waals surface area contributed by atoms with Gasteiger partial charge in [0, 0.05) is 18.2 Å². The second-order valence-corrected chi connectivity index (χ2v) is 5.20. The first-order valence-corrected chi connectivity index (χ1v) is 6.96. The monoisotopic (exact) mass is 302 g/mol. The predicted molar refractivity (Wildman–Crippen MR) is 75.0 cm³/mol. The van der Waals surface area contributed by atoms with Crippen molar-refractivity contribution in [3.63, 3.8) is 0 Å². The lowest BCUT2D eigenvalue weighted by Gasteiger charge is -2.26. The van der Waals surface area contributed by atoms with E-state index in [1.54, 1.807) is 10.9 Å². The van der Waals surface area contributed by atoms with Gasteiger partial charge in [-0.1, -0.05) is 0 Å². The summed E-state index contributed by atoms with van der Waals surface area (Å²) in [6.45, 7) is 1.41. The minimum Gasteiger partial charge on any atom is -0.376 e. The molecule has 3 aromatic rings. The van der Waals surface area contributed by atoms with Crippen molar-refractivity contribution in [3.05, 3.63) is 42.2 Å². The molecule has 0 spiro atoms. The van der Waals surface area contributed by atoms with E-state index >= 15 is 0 Å². The van der Waals surface area contributed by atoms with Crippen LogP contribution in [0.3, 0.4) is 0 Å². The number of benzene rings is 1. The molecule has 0 N–H and O–H groups in total. The van der Waals surface area contributed by atoms with Crippen molar-refractivity contribution in [1.82, 2.24) is 19.7 Å². The third kappa shape index (κ3) is 2.23. The smallest absolute Gasteiger partial charge is 0.176 e.